The lowest BCUT2D eigenvalue weighted by atomic mass is 10.1. The second-order valence-electron chi connectivity index (χ2n) is 8.40. The molecule has 0 atom stereocenters. The fourth-order valence-corrected chi connectivity index (χ4v) is 4.27. The molecule has 0 unspecified atom stereocenters. The highest BCUT2D eigenvalue weighted by molar-refractivity contribution is 7.13. The number of thiazole rings is 1. The van der Waals surface area contributed by atoms with Gasteiger partial charge in [-0.15, -0.1) is 36.2 Å². The summed E-state index contributed by atoms with van der Waals surface area (Å²) in [4.78, 5) is 30.1. The number of benzene rings is 2. The van der Waals surface area contributed by atoms with Crippen molar-refractivity contribution in [1.82, 2.24) is 24.5 Å². The zero-order chi connectivity index (χ0) is 26.9. The molecule has 2 N–H and O–H groups in total. The van der Waals surface area contributed by atoms with Gasteiger partial charge in [-0.05, 0) is 55.8 Å². The van der Waals surface area contributed by atoms with Crippen molar-refractivity contribution in [3.63, 3.8) is 0 Å². The molecule has 0 bridgehead atoms. The molecule has 5 rings (SSSR count). The zero-order valence-corrected chi connectivity index (χ0v) is 23.4. The fourth-order valence-electron chi connectivity index (χ4n) is 3.67. The van der Waals surface area contributed by atoms with Crippen molar-refractivity contribution in [3.8, 4) is 16.4 Å². The van der Waals surface area contributed by atoms with E-state index in [2.05, 4.69) is 30.6 Å². The topological polar surface area (TPSA) is 97.6 Å². The van der Waals surface area contributed by atoms with Crippen molar-refractivity contribution < 1.29 is 18.0 Å². The number of imidazole rings is 1. The molecular formula is C26H22Cl2F3N7OS. The van der Waals surface area contributed by atoms with E-state index in [1.165, 1.54) is 28.3 Å². The number of halogens is 5. The van der Waals surface area contributed by atoms with Crippen LogP contribution < -0.4 is 10.6 Å². The van der Waals surface area contributed by atoms with Crippen molar-refractivity contribution in [2.24, 2.45) is 0 Å². The summed E-state index contributed by atoms with van der Waals surface area (Å²) in [6, 6.07) is 10.0. The highest BCUT2D eigenvalue weighted by atomic mass is 35.5. The van der Waals surface area contributed by atoms with Gasteiger partial charge in [0.2, 0.25) is 5.95 Å². The van der Waals surface area contributed by atoms with Crippen LogP contribution in [-0.4, -0.2) is 30.4 Å². The first-order chi connectivity index (χ1) is 18.2. The molecule has 0 saturated carbocycles. The third-order valence-electron chi connectivity index (χ3n) is 5.57. The van der Waals surface area contributed by atoms with Gasteiger partial charge in [-0.3, -0.25) is 4.79 Å². The van der Waals surface area contributed by atoms with Crippen LogP contribution in [-0.2, 0) is 6.18 Å². The maximum absolute atomic E-state index is 13.6. The maximum Gasteiger partial charge on any atom is 0.416 e. The number of aromatic nitrogens is 5. The van der Waals surface area contributed by atoms with Crippen molar-refractivity contribution >= 4 is 59.4 Å². The van der Waals surface area contributed by atoms with Crippen molar-refractivity contribution in [2.75, 3.05) is 10.6 Å². The van der Waals surface area contributed by atoms with Crippen LogP contribution in [0, 0.1) is 13.8 Å². The van der Waals surface area contributed by atoms with Gasteiger partial charge in [0.1, 0.15) is 10.7 Å². The lowest BCUT2D eigenvalue weighted by Crippen LogP contribution is -2.14. The summed E-state index contributed by atoms with van der Waals surface area (Å²) >= 11 is 1.45. The SMILES string of the molecule is Cc1cn(-c2cc(NC(=O)c3ccc(C)c(Nc4nccc(-c5nccs5)n4)c3)cc(C(F)(F)F)c2)cn1.Cl.Cl. The summed E-state index contributed by atoms with van der Waals surface area (Å²) in [6.45, 7) is 3.58. The highest BCUT2D eigenvalue weighted by Crippen LogP contribution is 2.33. The van der Waals surface area contributed by atoms with E-state index >= 15 is 0 Å². The minimum absolute atomic E-state index is 0. The first-order valence-corrected chi connectivity index (χ1v) is 12.2. The molecule has 0 fully saturated rings. The van der Waals surface area contributed by atoms with E-state index in [1.54, 1.807) is 49.8 Å². The molecule has 40 heavy (non-hydrogen) atoms. The smallest absolute Gasteiger partial charge is 0.324 e. The number of aryl methyl sites for hydroxylation is 2. The fraction of sp³-hybridized carbons (Fsp3) is 0.115. The van der Waals surface area contributed by atoms with E-state index in [0.29, 0.717) is 23.0 Å². The number of rotatable bonds is 6. The molecule has 0 spiro atoms. The van der Waals surface area contributed by atoms with Gasteiger partial charge in [0.15, 0.2) is 0 Å². The molecular weight excluding hydrogens is 586 g/mol. The number of carbonyl (C=O) groups is 1. The van der Waals surface area contributed by atoms with Crippen LogP contribution in [0.25, 0.3) is 16.4 Å². The number of carbonyl (C=O) groups excluding carboxylic acids is 1. The normalized spacial score (nSPS) is 10.8. The van der Waals surface area contributed by atoms with E-state index < -0.39 is 17.6 Å². The molecule has 0 aliphatic heterocycles. The lowest BCUT2D eigenvalue weighted by molar-refractivity contribution is -0.137. The first-order valence-electron chi connectivity index (χ1n) is 11.3. The Hall–Kier alpha value is -4.00. The molecule has 0 aliphatic carbocycles. The molecule has 5 aromatic rings. The Kier molecular flexibility index (Phi) is 9.51. The number of anilines is 3. The Morgan fingerprint density at radius 1 is 0.975 bits per heavy atom. The number of alkyl halides is 3. The Morgan fingerprint density at radius 3 is 2.45 bits per heavy atom. The van der Waals surface area contributed by atoms with E-state index in [0.717, 1.165) is 22.7 Å². The second kappa shape index (κ2) is 12.5. The molecule has 14 heteroatoms. The zero-order valence-electron chi connectivity index (χ0n) is 20.9. The second-order valence-corrected chi connectivity index (χ2v) is 9.29. The van der Waals surface area contributed by atoms with Crippen LogP contribution in [0.1, 0.15) is 27.2 Å². The molecule has 0 aliphatic rings. The van der Waals surface area contributed by atoms with E-state index in [-0.39, 0.29) is 41.8 Å². The molecule has 3 heterocycles. The van der Waals surface area contributed by atoms with Crippen LogP contribution in [0.5, 0.6) is 0 Å². The molecule has 0 saturated heterocycles. The summed E-state index contributed by atoms with van der Waals surface area (Å²) in [7, 11) is 0. The van der Waals surface area contributed by atoms with Crippen LogP contribution in [0.3, 0.4) is 0 Å². The van der Waals surface area contributed by atoms with Gasteiger partial charge >= 0.3 is 6.18 Å². The van der Waals surface area contributed by atoms with E-state index in [1.807, 2.05) is 12.3 Å². The van der Waals surface area contributed by atoms with Crippen LogP contribution in [0.4, 0.5) is 30.5 Å². The van der Waals surface area contributed by atoms with Crippen molar-refractivity contribution in [3.05, 3.63) is 95.1 Å². The molecule has 0 radical (unpaired) electrons. The Balaban J connectivity index is 0.00000220. The minimum atomic E-state index is -4.60. The van der Waals surface area contributed by atoms with Crippen molar-refractivity contribution in [2.45, 2.75) is 20.0 Å². The Labute approximate surface area is 243 Å². The van der Waals surface area contributed by atoms with Crippen molar-refractivity contribution in [1.29, 1.82) is 0 Å². The molecule has 3 aromatic heterocycles. The standard InChI is InChI=1S/C26H20F3N7OS.2ClH/c1-15-3-4-17(9-22(15)35-25-31-6-5-21(34-25)24-30-7-8-38-24)23(37)33-19-10-18(26(27,28)29)11-20(12-19)36-13-16(2)32-14-36;;/h3-14H,1-2H3,(H,33,37)(H,31,34,35);2*1H. The Morgan fingerprint density at radius 2 is 1.77 bits per heavy atom. The number of nitrogens with one attached hydrogen (secondary N) is 2. The largest absolute Gasteiger partial charge is 0.416 e. The summed E-state index contributed by atoms with van der Waals surface area (Å²) in [5, 5.41) is 8.29. The van der Waals surface area contributed by atoms with Gasteiger partial charge < -0.3 is 15.2 Å². The summed E-state index contributed by atoms with van der Waals surface area (Å²) in [5.74, 6) is -0.255. The third-order valence-corrected chi connectivity index (χ3v) is 6.36. The van der Waals surface area contributed by atoms with Gasteiger partial charge in [-0.2, -0.15) is 13.2 Å². The highest BCUT2D eigenvalue weighted by Gasteiger charge is 2.31. The monoisotopic (exact) mass is 607 g/mol. The Bertz CT molecular complexity index is 1630. The van der Waals surface area contributed by atoms with Gasteiger partial charge in [-0.1, -0.05) is 6.07 Å². The summed E-state index contributed by atoms with van der Waals surface area (Å²) in [6.07, 6.45) is 1.71. The van der Waals surface area contributed by atoms with E-state index in [9.17, 15) is 18.0 Å². The summed E-state index contributed by atoms with van der Waals surface area (Å²) < 4.78 is 42.2. The average molecular weight is 608 g/mol. The molecule has 1 amide bonds. The number of amides is 1. The first kappa shape index (κ1) is 30.5. The van der Waals surface area contributed by atoms with Gasteiger partial charge in [0, 0.05) is 46.6 Å². The average Bonchev–Trinajstić information content (AvgIpc) is 3.57. The minimum Gasteiger partial charge on any atom is -0.324 e. The summed E-state index contributed by atoms with van der Waals surface area (Å²) in [5.41, 5.74) is 2.27. The van der Waals surface area contributed by atoms with E-state index in [4.69, 9.17) is 0 Å². The van der Waals surface area contributed by atoms with Gasteiger partial charge in [-0.25, -0.2) is 19.9 Å². The third kappa shape index (κ3) is 6.95. The lowest BCUT2D eigenvalue weighted by Gasteiger charge is -2.14. The van der Waals surface area contributed by atoms with Crippen LogP contribution in [0.15, 0.2) is 72.8 Å². The maximum atomic E-state index is 13.6. The number of hydrogen-bond donors (Lipinski definition) is 2. The van der Waals surface area contributed by atoms with Crippen LogP contribution in [0.2, 0.25) is 0 Å². The number of nitrogens with zero attached hydrogens (tertiary/aromatic N) is 5. The predicted octanol–water partition coefficient (Wildman–Crippen LogP) is 7.26. The molecule has 208 valence electrons. The molecule has 8 nitrogen and oxygen atoms in total. The molecule has 2 aromatic carbocycles. The predicted molar refractivity (Wildman–Crippen MR) is 153 cm³/mol. The quantitative estimate of drug-likeness (QED) is 0.211. The number of hydrogen-bond acceptors (Lipinski definition) is 7. The van der Waals surface area contributed by atoms with Crippen LogP contribution >= 0.6 is 36.2 Å². The van der Waals surface area contributed by atoms with Gasteiger partial charge in [0.25, 0.3) is 5.91 Å². The van der Waals surface area contributed by atoms with Gasteiger partial charge in [0.05, 0.1) is 17.6 Å².